The van der Waals surface area contributed by atoms with Crippen LogP contribution in [0.25, 0.3) is 0 Å². The fraction of sp³-hybridized carbons (Fsp3) is 0.571. The van der Waals surface area contributed by atoms with Gasteiger partial charge in [0.05, 0.1) is 0 Å². The topological polar surface area (TPSA) is 24.1 Å². The lowest BCUT2D eigenvalue weighted by molar-refractivity contribution is 0.419. The SMILES string of the molecule is Fc1ccc2c(c1)C(NC1CCCC1)CCN2. The Hall–Kier alpha value is -1.09. The molecule has 1 fully saturated rings. The Morgan fingerprint density at radius 1 is 1.18 bits per heavy atom. The van der Waals surface area contributed by atoms with Gasteiger partial charge in [0.15, 0.2) is 0 Å². The average molecular weight is 234 g/mol. The highest BCUT2D eigenvalue weighted by molar-refractivity contribution is 5.54. The molecule has 3 rings (SSSR count). The van der Waals surface area contributed by atoms with Crippen molar-refractivity contribution in [1.82, 2.24) is 5.32 Å². The minimum Gasteiger partial charge on any atom is -0.385 e. The van der Waals surface area contributed by atoms with Crippen LogP contribution in [0.2, 0.25) is 0 Å². The van der Waals surface area contributed by atoms with Crippen LogP contribution in [0, 0.1) is 5.82 Å². The van der Waals surface area contributed by atoms with Crippen molar-refractivity contribution in [2.75, 3.05) is 11.9 Å². The van der Waals surface area contributed by atoms with Gasteiger partial charge in [0.25, 0.3) is 0 Å². The van der Waals surface area contributed by atoms with Gasteiger partial charge in [-0.15, -0.1) is 0 Å². The highest BCUT2D eigenvalue weighted by Crippen LogP contribution is 2.32. The first kappa shape index (κ1) is 11.0. The highest BCUT2D eigenvalue weighted by atomic mass is 19.1. The number of hydrogen-bond donors (Lipinski definition) is 2. The average Bonchev–Trinajstić information content (AvgIpc) is 2.83. The first-order chi connectivity index (χ1) is 8.33. The number of rotatable bonds is 2. The molecule has 1 unspecified atom stereocenters. The summed E-state index contributed by atoms with van der Waals surface area (Å²) in [6.07, 6.45) is 6.26. The van der Waals surface area contributed by atoms with Crippen molar-refractivity contribution < 1.29 is 4.39 Å². The fourth-order valence-electron chi connectivity index (χ4n) is 3.04. The molecule has 0 radical (unpaired) electrons. The van der Waals surface area contributed by atoms with E-state index in [1.165, 1.54) is 31.7 Å². The van der Waals surface area contributed by atoms with Gasteiger partial charge in [-0.2, -0.15) is 0 Å². The van der Waals surface area contributed by atoms with Crippen molar-refractivity contribution in [2.45, 2.75) is 44.2 Å². The maximum Gasteiger partial charge on any atom is 0.123 e. The Kier molecular flexibility index (Phi) is 3.02. The number of halogens is 1. The number of nitrogens with one attached hydrogen (secondary N) is 2. The lowest BCUT2D eigenvalue weighted by Gasteiger charge is -2.30. The zero-order valence-corrected chi connectivity index (χ0v) is 10.0. The van der Waals surface area contributed by atoms with Crippen molar-refractivity contribution >= 4 is 5.69 Å². The third kappa shape index (κ3) is 2.29. The molecular weight excluding hydrogens is 215 g/mol. The molecule has 1 aromatic rings. The molecule has 2 aliphatic rings. The molecule has 1 saturated carbocycles. The minimum absolute atomic E-state index is 0.134. The normalized spacial score (nSPS) is 24.4. The van der Waals surface area contributed by atoms with Gasteiger partial charge in [0.2, 0.25) is 0 Å². The second kappa shape index (κ2) is 4.65. The fourth-order valence-corrected chi connectivity index (χ4v) is 3.04. The molecule has 1 aliphatic carbocycles. The minimum atomic E-state index is -0.134. The predicted molar refractivity (Wildman–Crippen MR) is 67.6 cm³/mol. The van der Waals surface area contributed by atoms with E-state index in [-0.39, 0.29) is 5.82 Å². The molecule has 0 bridgehead atoms. The molecule has 2 N–H and O–H groups in total. The second-order valence-corrected chi connectivity index (χ2v) is 5.15. The molecule has 92 valence electrons. The number of hydrogen-bond acceptors (Lipinski definition) is 2. The molecule has 0 spiro atoms. The first-order valence-corrected chi connectivity index (χ1v) is 6.62. The molecule has 1 heterocycles. The quantitative estimate of drug-likeness (QED) is 0.821. The van der Waals surface area contributed by atoms with E-state index < -0.39 is 0 Å². The summed E-state index contributed by atoms with van der Waals surface area (Å²) in [5.41, 5.74) is 2.19. The zero-order chi connectivity index (χ0) is 11.7. The smallest absolute Gasteiger partial charge is 0.123 e. The van der Waals surface area contributed by atoms with Gasteiger partial charge in [-0.1, -0.05) is 12.8 Å². The van der Waals surface area contributed by atoms with Crippen LogP contribution in [0.4, 0.5) is 10.1 Å². The van der Waals surface area contributed by atoms with Crippen LogP contribution < -0.4 is 10.6 Å². The summed E-state index contributed by atoms with van der Waals surface area (Å²) in [4.78, 5) is 0. The molecule has 1 aliphatic heterocycles. The number of benzene rings is 1. The summed E-state index contributed by atoms with van der Waals surface area (Å²) in [5.74, 6) is -0.134. The summed E-state index contributed by atoms with van der Waals surface area (Å²) in [7, 11) is 0. The van der Waals surface area contributed by atoms with Crippen molar-refractivity contribution in [3.8, 4) is 0 Å². The van der Waals surface area contributed by atoms with Gasteiger partial charge in [0, 0.05) is 24.3 Å². The van der Waals surface area contributed by atoms with Gasteiger partial charge >= 0.3 is 0 Å². The van der Waals surface area contributed by atoms with Crippen molar-refractivity contribution in [3.05, 3.63) is 29.6 Å². The number of anilines is 1. The Morgan fingerprint density at radius 3 is 2.82 bits per heavy atom. The van der Waals surface area contributed by atoms with E-state index in [1.807, 2.05) is 6.07 Å². The van der Waals surface area contributed by atoms with Gasteiger partial charge in [-0.3, -0.25) is 0 Å². The van der Waals surface area contributed by atoms with Crippen LogP contribution in [-0.4, -0.2) is 12.6 Å². The van der Waals surface area contributed by atoms with Crippen LogP contribution in [0.5, 0.6) is 0 Å². The Labute approximate surface area is 102 Å². The molecule has 1 atom stereocenters. The predicted octanol–water partition coefficient (Wildman–Crippen LogP) is 3.21. The molecule has 0 amide bonds. The maximum absolute atomic E-state index is 13.3. The molecule has 2 nitrogen and oxygen atoms in total. The number of fused-ring (bicyclic) bond motifs is 1. The Balaban J connectivity index is 1.80. The molecule has 0 aromatic heterocycles. The summed E-state index contributed by atoms with van der Waals surface area (Å²) in [5, 5.41) is 7.03. The van der Waals surface area contributed by atoms with E-state index in [0.29, 0.717) is 12.1 Å². The summed E-state index contributed by atoms with van der Waals surface area (Å²) in [6.45, 7) is 0.975. The van der Waals surface area contributed by atoms with E-state index in [9.17, 15) is 4.39 Å². The monoisotopic (exact) mass is 234 g/mol. The summed E-state index contributed by atoms with van der Waals surface area (Å²) >= 11 is 0. The van der Waals surface area contributed by atoms with E-state index in [4.69, 9.17) is 0 Å². The van der Waals surface area contributed by atoms with Gasteiger partial charge in [0.1, 0.15) is 5.82 Å². The second-order valence-electron chi connectivity index (χ2n) is 5.15. The van der Waals surface area contributed by atoms with Crippen LogP contribution in [0.3, 0.4) is 0 Å². The van der Waals surface area contributed by atoms with E-state index >= 15 is 0 Å². The zero-order valence-electron chi connectivity index (χ0n) is 10.0. The van der Waals surface area contributed by atoms with Gasteiger partial charge in [-0.25, -0.2) is 4.39 Å². The maximum atomic E-state index is 13.3. The lowest BCUT2D eigenvalue weighted by atomic mass is 9.96. The van der Waals surface area contributed by atoms with Crippen LogP contribution in [0.1, 0.15) is 43.7 Å². The van der Waals surface area contributed by atoms with Crippen molar-refractivity contribution in [1.29, 1.82) is 0 Å². The van der Waals surface area contributed by atoms with Gasteiger partial charge in [-0.05, 0) is 43.0 Å². The molecule has 0 saturated heterocycles. The van der Waals surface area contributed by atoms with E-state index in [0.717, 1.165) is 24.2 Å². The molecule has 1 aromatic carbocycles. The van der Waals surface area contributed by atoms with Crippen LogP contribution >= 0.6 is 0 Å². The van der Waals surface area contributed by atoms with E-state index in [1.54, 1.807) is 6.07 Å². The largest absolute Gasteiger partial charge is 0.385 e. The molecular formula is C14H19FN2. The summed E-state index contributed by atoms with van der Waals surface area (Å²) in [6, 6.07) is 6.02. The van der Waals surface area contributed by atoms with E-state index in [2.05, 4.69) is 10.6 Å². The Bertz CT molecular complexity index is 399. The lowest BCUT2D eigenvalue weighted by Crippen LogP contribution is -2.34. The third-order valence-corrected chi connectivity index (χ3v) is 3.93. The molecule has 17 heavy (non-hydrogen) atoms. The Morgan fingerprint density at radius 2 is 2.00 bits per heavy atom. The standard InChI is InChI=1S/C14H19FN2/c15-10-5-6-13-12(9-10)14(7-8-16-13)17-11-3-1-2-4-11/h5-6,9,11,14,16-17H,1-4,7-8H2. The third-order valence-electron chi connectivity index (χ3n) is 3.93. The molecule has 3 heteroatoms. The van der Waals surface area contributed by atoms with Crippen LogP contribution in [0.15, 0.2) is 18.2 Å². The summed E-state index contributed by atoms with van der Waals surface area (Å²) < 4.78 is 13.3. The van der Waals surface area contributed by atoms with Crippen LogP contribution in [-0.2, 0) is 0 Å². The highest BCUT2D eigenvalue weighted by Gasteiger charge is 2.24. The first-order valence-electron chi connectivity index (χ1n) is 6.62. The van der Waals surface area contributed by atoms with Gasteiger partial charge < -0.3 is 10.6 Å². The van der Waals surface area contributed by atoms with Crippen molar-refractivity contribution in [3.63, 3.8) is 0 Å². The van der Waals surface area contributed by atoms with Crippen molar-refractivity contribution in [2.24, 2.45) is 0 Å².